The third kappa shape index (κ3) is 3.21. The van der Waals surface area contributed by atoms with Crippen LogP contribution in [0.1, 0.15) is 11.1 Å². The largest absolute Gasteiger partial charge is 0.264 e. The molecule has 0 saturated carbocycles. The Hall–Kier alpha value is -2.15. The van der Waals surface area contributed by atoms with E-state index in [4.69, 9.17) is 0 Å². The van der Waals surface area contributed by atoms with Crippen LogP contribution in [0.25, 0.3) is 6.08 Å². The first-order valence-electron chi connectivity index (χ1n) is 5.25. The predicted octanol–water partition coefficient (Wildman–Crippen LogP) is 3.78. The number of hydrogen-bond donors (Lipinski definition) is 0. The summed E-state index contributed by atoms with van der Waals surface area (Å²) >= 11 is 0. The van der Waals surface area contributed by atoms with Gasteiger partial charge in [0.2, 0.25) is 0 Å². The third-order valence-corrected chi connectivity index (χ3v) is 2.18. The zero-order chi connectivity index (χ0) is 11.1. The third-order valence-electron chi connectivity index (χ3n) is 2.18. The van der Waals surface area contributed by atoms with Gasteiger partial charge in [-0.2, -0.15) is 0 Å². The molecule has 0 N–H and O–H groups in total. The lowest BCUT2D eigenvalue weighted by Crippen LogP contribution is -1.76. The lowest BCUT2D eigenvalue weighted by molar-refractivity contribution is 1.57. The first-order valence-corrected chi connectivity index (χ1v) is 5.25. The molecule has 78 valence electrons. The van der Waals surface area contributed by atoms with Crippen LogP contribution in [-0.2, 0) is 0 Å². The molecular formula is C15H13N. The molecule has 0 heterocycles. The molecule has 1 heteroatoms. The van der Waals surface area contributed by atoms with Crippen molar-refractivity contribution >= 4 is 12.3 Å². The minimum atomic E-state index is 1.11. The maximum absolute atomic E-state index is 4.23. The highest BCUT2D eigenvalue weighted by Crippen LogP contribution is 2.01. The number of nitrogens with zero attached hydrogens (tertiary/aromatic N) is 1. The molecule has 0 aliphatic heterocycles. The molecule has 2 rings (SSSR count). The maximum atomic E-state index is 4.23. The topological polar surface area (TPSA) is 12.4 Å². The summed E-state index contributed by atoms with van der Waals surface area (Å²) < 4.78 is 0. The van der Waals surface area contributed by atoms with Crippen molar-refractivity contribution in [3.63, 3.8) is 0 Å². The van der Waals surface area contributed by atoms with E-state index in [-0.39, 0.29) is 0 Å². The Kier molecular flexibility index (Phi) is 3.67. The highest BCUT2D eigenvalue weighted by Gasteiger charge is 1.82. The molecular weight excluding hydrogens is 194 g/mol. The minimum Gasteiger partial charge on any atom is -0.264 e. The van der Waals surface area contributed by atoms with Crippen molar-refractivity contribution in [1.82, 2.24) is 0 Å². The molecule has 0 amide bonds. The molecule has 2 aromatic carbocycles. The molecule has 0 unspecified atom stereocenters. The van der Waals surface area contributed by atoms with Gasteiger partial charge in [0.15, 0.2) is 0 Å². The Morgan fingerprint density at radius 2 is 1.25 bits per heavy atom. The zero-order valence-electron chi connectivity index (χ0n) is 8.95. The minimum absolute atomic E-state index is 1.11. The summed E-state index contributed by atoms with van der Waals surface area (Å²) in [6.45, 7) is 0. The summed E-state index contributed by atoms with van der Waals surface area (Å²) in [7, 11) is 0. The number of rotatable bonds is 3. The Morgan fingerprint density at radius 3 is 1.88 bits per heavy atom. The highest BCUT2D eigenvalue weighted by atomic mass is 14.7. The van der Waals surface area contributed by atoms with Crippen molar-refractivity contribution in [2.24, 2.45) is 4.99 Å². The van der Waals surface area contributed by atoms with Crippen molar-refractivity contribution < 1.29 is 0 Å². The molecule has 1 nitrogen and oxygen atoms in total. The fraction of sp³-hybridized carbons (Fsp3) is 0. The van der Waals surface area contributed by atoms with E-state index in [1.165, 1.54) is 0 Å². The second kappa shape index (κ2) is 5.66. The monoisotopic (exact) mass is 207 g/mol. The van der Waals surface area contributed by atoms with Gasteiger partial charge < -0.3 is 0 Å². The van der Waals surface area contributed by atoms with Crippen LogP contribution in [0.4, 0.5) is 0 Å². The SMILES string of the molecule is C(=N/C=C\c1ccccc1)c1ccccc1. The molecule has 0 bridgehead atoms. The summed E-state index contributed by atoms with van der Waals surface area (Å²) in [4.78, 5) is 4.23. The molecule has 0 radical (unpaired) electrons. The lowest BCUT2D eigenvalue weighted by atomic mass is 10.2. The van der Waals surface area contributed by atoms with Crippen LogP contribution in [0.3, 0.4) is 0 Å². The Morgan fingerprint density at radius 1 is 0.688 bits per heavy atom. The molecule has 0 atom stereocenters. The van der Waals surface area contributed by atoms with E-state index >= 15 is 0 Å². The van der Waals surface area contributed by atoms with Crippen LogP contribution < -0.4 is 0 Å². The maximum Gasteiger partial charge on any atom is 0.0340 e. The smallest absolute Gasteiger partial charge is 0.0340 e. The number of hydrogen-bond acceptors (Lipinski definition) is 1. The fourth-order valence-electron chi connectivity index (χ4n) is 1.36. The van der Waals surface area contributed by atoms with E-state index in [0.717, 1.165) is 11.1 Å². The van der Waals surface area contributed by atoms with Gasteiger partial charge in [-0.3, -0.25) is 4.99 Å². The summed E-state index contributed by atoms with van der Waals surface area (Å²) in [5.41, 5.74) is 2.27. The summed E-state index contributed by atoms with van der Waals surface area (Å²) in [6, 6.07) is 20.2. The van der Waals surface area contributed by atoms with Crippen molar-refractivity contribution in [2.45, 2.75) is 0 Å². The van der Waals surface area contributed by atoms with Gasteiger partial charge in [-0.25, -0.2) is 0 Å². The molecule has 0 aromatic heterocycles. The van der Waals surface area contributed by atoms with Crippen molar-refractivity contribution in [1.29, 1.82) is 0 Å². The van der Waals surface area contributed by atoms with Crippen LogP contribution >= 0.6 is 0 Å². The van der Waals surface area contributed by atoms with E-state index in [2.05, 4.69) is 17.1 Å². The van der Waals surface area contributed by atoms with Gasteiger partial charge in [-0.1, -0.05) is 60.7 Å². The molecule has 2 aromatic rings. The normalized spacial score (nSPS) is 11.2. The fourth-order valence-corrected chi connectivity index (χ4v) is 1.36. The summed E-state index contributed by atoms with van der Waals surface area (Å²) in [6.07, 6.45) is 5.64. The first kappa shape index (κ1) is 10.4. The van der Waals surface area contributed by atoms with Crippen molar-refractivity contribution in [2.75, 3.05) is 0 Å². The standard InChI is InChI=1S/C15H13N/c1-3-7-14(8-4-1)11-12-16-13-15-9-5-2-6-10-15/h1-13H/b12-11-,16-13?. The van der Waals surface area contributed by atoms with Crippen LogP contribution in [0.5, 0.6) is 0 Å². The molecule has 0 fully saturated rings. The van der Waals surface area contributed by atoms with Gasteiger partial charge in [-0.05, 0) is 17.2 Å². The van der Waals surface area contributed by atoms with E-state index < -0.39 is 0 Å². The van der Waals surface area contributed by atoms with E-state index in [1.807, 2.05) is 67.0 Å². The van der Waals surface area contributed by atoms with Crippen LogP contribution in [0.2, 0.25) is 0 Å². The van der Waals surface area contributed by atoms with Gasteiger partial charge >= 0.3 is 0 Å². The Bertz CT molecular complexity index is 422. The van der Waals surface area contributed by atoms with Crippen molar-refractivity contribution in [3.8, 4) is 0 Å². The molecule has 0 saturated heterocycles. The highest BCUT2D eigenvalue weighted by molar-refractivity contribution is 5.80. The Labute approximate surface area is 95.8 Å². The lowest BCUT2D eigenvalue weighted by Gasteiger charge is -1.89. The first-order chi connectivity index (χ1) is 7.95. The Balaban J connectivity index is 1.98. The molecule has 0 aliphatic rings. The average molecular weight is 207 g/mol. The van der Waals surface area contributed by atoms with Gasteiger partial charge in [0.1, 0.15) is 0 Å². The van der Waals surface area contributed by atoms with Gasteiger partial charge in [0.05, 0.1) is 0 Å². The summed E-state index contributed by atoms with van der Waals surface area (Å²) in [5, 5.41) is 0. The number of benzene rings is 2. The van der Waals surface area contributed by atoms with Crippen molar-refractivity contribution in [3.05, 3.63) is 78.0 Å². The predicted molar refractivity (Wildman–Crippen MR) is 69.5 cm³/mol. The van der Waals surface area contributed by atoms with Crippen LogP contribution in [-0.4, -0.2) is 6.21 Å². The van der Waals surface area contributed by atoms with E-state index in [1.54, 1.807) is 0 Å². The number of aliphatic imine (C=N–C) groups is 1. The van der Waals surface area contributed by atoms with Gasteiger partial charge in [0, 0.05) is 12.4 Å². The molecule has 0 spiro atoms. The van der Waals surface area contributed by atoms with Gasteiger partial charge in [-0.15, -0.1) is 0 Å². The van der Waals surface area contributed by atoms with E-state index in [9.17, 15) is 0 Å². The average Bonchev–Trinajstić information content (AvgIpc) is 2.37. The molecule has 16 heavy (non-hydrogen) atoms. The second-order valence-corrected chi connectivity index (χ2v) is 3.42. The van der Waals surface area contributed by atoms with E-state index in [0.29, 0.717) is 0 Å². The zero-order valence-corrected chi connectivity index (χ0v) is 8.95. The van der Waals surface area contributed by atoms with Gasteiger partial charge in [0.25, 0.3) is 0 Å². The summed E-state index contributed by atoms with van der Waals surface area (Å²) in [5.74, 6) is 0. The van der Waals surface area contributed by atoms with Crippen LogP contribution in [0.15, 0.2) is 71.9 Å². The van der Waals surface area contributed by atoms with Crippen LogP contribution in [0, 0.1) is 0 Å². The second-order valence-electron chi connectivity index (χ2n) is 3.42. The molecule has 0 aliphatic carbocycles. The quantitative estimate of drug-likeness (QED) is 0.679.